The second-order valence-corrected chi connectivity index (χ2v) is 13.6. The lowest BCUT2D eigenvalue weighted by molar-refractivity contribution is 0.443. The molecule has 0 N–H and O–H groups in total. The Morgan fingerprint density at radius 1 is 0.622 bits per heavy atom. The molecule has 1 aromatic heterocycles. The Bertz CT molecular complexity index is 2250. The molecular formula is C43H37NO. The molecule has 0 amide bonds. The summed E-state index contributed by atoms with van der Waals surface area (Å²) in [6.07, 6.45) is 6.57. The van der Waals surface area contributed by atoms with Crippen LogP contribution in [0.1, 0.15) is 68.6 Å². The van der Waals surface area contributed by atoms with Crippen LogP contribution in [0.15, 0.2) is 126 Å². The van der Waals surface area contributed by atoms with E-state index in [9.17, 15) is 0 Å². The summed E-state index contributed by atoms with van der Waals surface area (Å²) in [7, 11) is 0. The van der Waals surface area contributed by atoms with E-state index < -0.39 is 0 Å². The maximum absolute atomic E-state index is 6.80. The summed E-state index contributed by atoms with van der Waals surface area (Å²) in [6.45, 7) is 4.72. The number of anilines is 3. The van der Waals surface area contributed by atoms with Crippen LogP contribution in [0.25, 0.3) is 43.8 Å². The van der Waals surface area contributed by atoms with Crippen molar-refractivity contribution in [3.05, 3.63) is 138 Å². The number of hydrogen-bond acceptors (Lipinski definition) is 2. The standard InChI is InChI=1S/C43H37NO/c1-43(2)37-20-9-8-18-34(37)35-24-23-32(27-38(35)43)44(31-16-10-15-30(26-31)28-12-4-3-5-13-28)39-21-11-19-36-41-33-17-7-6-14-29(33)22-25-40(41)45-42(36)39/h6-11,14-28H,3-5,12-13H2,1-2H3. The fraction of sp³-hybridized carbons (Fsp3) is 0.209. The van der Waals surface area contributed by atoms with Crippen molar-refractivity contribution in [3.8, 4) is 11.1 Å². The molecule has 2 aliphatic rings. The lowest BCUT2D eigenvalue weighted by Gasteiger charge is -2.29. The molecule has 220 valence electrons. The fourth-order valence-electron chi connectivity index (χ4n) is 8.34. The molecule has 0 saturated heterocycles. The number of fused-ring (bicyclic) bond motifs is 8. The first-order chi connectivity index (χ1) is 22.1. The molecule has 1 heterocycles. The number of para-hydroxylation sites is 1. The van der Waals surface area contributed by atoms with Crippen LogP contribution in [-0.4, -0.2) is 0 Å². The van der Waals surface area contributed by atoms with E-state index in [1.807, 2.05) is 0 Å². The van der Waals surface area contributed by atoms with Crippen LogP contribution in [0, 0.1) is 0 Å². The van der Waals surface area contributed by atoms with Gasteiger partial charge in [0.05, 0.1) is 5.69 Å². The Morgan fingerprint density at radius 2 is 1.38 bits per heavy atom. The molecule has 7 aromatic rings. The van der Waals surface area contributed by atoms with Crippen LogP contribution in [0.4, 0.5) is 17.1 Å². The van der Waals surface area contributed by atoms with Gasteiger partial charge in [-0.2, -0.15) is 0 Å². The van der Waals surface area contributed by atoms with Crippen molar-refractivity contribution >= 4 is 49.8 Å². The Balaban J connectivity index is 1.29. The molecule has 0 atom stereocenters. The maximum Gasteiger partial charge on any atom is 0.159 e. The van der Waals surface area contributed by atoms with Crippen molar-refractivity contribution in [2.75, 3.05) is 4.90 Å². The highest BCUT2D eigenvalue weighted by molar-refractivity contribution is 6.21. The van der Waals surface area contributed by atoms with Gasteiger partial charge in [0, 0.05) is 27.6 Å². The highest BCUT2D eigenvalue weighted by Crippen LogP contribution is 2.51. The van der Waals surface area contributed by atoms with Crippen molar-refractivity contribution < 1.29 is 4.42 Å². The molecule has 9 rings (SSSR count). The Morgan fingerprint density at radius 3 is 2.29 bits per heavy atom. The van der Waals surface area contributed by atoms with E-state index in [1.165, 1.54) is 81.8 Å². The van der Waals surface area contributed by atoms with Crippen LogP contribution in [-0.2, 0) is 5.41 Å². The molecule has 1 fully saturated rings. The Kier molecular flexibility index (Phi) is 5.97. The Hall–Kier alpha value is -4.82. The monoisotopic (exact) mass is 583 g/mol. The zero-order chi connectivity index (χ0) is 30.1. The molecule has 1 saturated carbocycles. The summed E-state index contributed by atoms with van der Waals surface area (Å²) < 4.78 is 6.80. The average molecular weight is 584 g/mol. The topological polar surface area (TPSA) is 16.4 Å². The highest BCUT2D eigenvalue weighted by Gasteiger charge is 2.36. The van der Waals surface area contributed by atoms with Gasteiger partial charge in [0.1, 0.15) is 5.58 Å². The largest absolute Gasteiger partial charge is 0.454 e. The zero-order valence-electron chi connectivity index (χ0n) is 26.0. The third-order valence-corrected chi connectivity index (χ3v) is 10.6. The normalized spacial score (nSPS) is 15.9. The van der Waals surface area contributed by atoms with Gasteiger partial charge in [-0.3, -0.25) is 0 Å². The van der Waals surface area contributed by atoms with Crippen LogP contribution in [0.5, 0.6) is 0 Å². The summed E-state index contributed by atoms with van der Waals surface area (Å²) in [6, 6.07) is 44.9. The van der Waals surface area contributed by atoms with Crippen molar-refractivity contribution in [1.82, 2.24) is 0 Å². The number of furan rings is 1. The first-order valence-electron chi connectivity index (χ1n) is 16.6. The summed E-state index contributed by atoms with van der Waals surface area (Å²) in [5.74, 6) is 0.627. The van der Waals surface area contributed by atoms with Gasteiger partial charge in [0.25, 0.3) is 0 Å². The van der Waals surface area contributed by atoms with Gasteiger partial charge >= 0.3 is 0 Å². The number of hydrogen-bond donors (Lipinski definition) is 0. The van der Waals surface area contributed by atoms with E-state index in [2.05, 4.69) is 140 Å². The minimum atomic E-state index is -0.0815. The molecule has 2 aliphatic carbocycles. The molecule has 2 heteroatoms. The van der Waals surface area contributed by atoms with Crippen molar-refractivity contribution in [2.24, 2.45) is 0 Å². The molecule has 0 bridgehead atoms. The average Bonchev–Trinajstić information content (AvgIpc) is 3.59. The van der Waals surface area contributed by atoms with E-state index >= 15 is 0 Å². The van der Waals surface area contributed by atoms with Gasteiger partial charge in [-0.1, -0.05) is 118 Å². The van der Waals surface area contributed by atoms with E-state index in [0.717, 1.165) is 27.9 Å². The van der Waals surface area contributed by atoms with E-state index in [0.29, 0.717) is 5.92 Å². The summed E-state index contributed by atoms with van der Waals surface area (Å²) >= 11 is 0. The van der Waals surface area contributed by atoms with Crippen LogP contribution >= 0.6 is 0 Å². The van der Waals surface area contributed by atoms with Crippen LogP contribution < -0.4 is 4.90 Å². The third kappa shape index (κ3) is 4.08. The van der Waals surface area contributed by atoms with E-state index in [4.69, 9.17) is 4.42 Å². The number of nitrogens with zero attached hydrogens (tertiary/aromatic N) is 1. The smallest absolute Gasteiger partial charge is 0.159 e. The molecule has 0 spiro atoms. The second-order valence-electron chi connectivity index (χ2n) is 13.6. The first kappa shape index (κ1) is 26.6. The summed E-state index contributed by atoms with van der Waals surface area (Å²) in [5.41, 5.74) is 12.1. The fourth-order valence-corrected chi connectivity index (χ4v) is 8.34. The van der Waals surface area contributed by atoms with Crippen LogP contribution in [0.3, 0.4) is 0 Å². The van der Waals surface area contributed by atoms with E-state index in [1.54, 1.807) is 0 Å². The SMILES string of the molecule is CC1(C)c2ccccc2-c2ccc(N(c3cccc(C4CCCCC4)c3)c3cccc4c3oc3ccc5ccccc5c34)cc21. The van der Waals surface area contributed by atoms with Gasteiger partial charge in [-0.05, 0) is 93.7 Å². The number of benzene rings is 6. The lowest BCUT2D eigenvalue weighted by Crippen LogP contribution is -2.16. The second kappa shape index (κ2) is 10.1. The molecule has 2 nitrogen and oxygen atoms in total. The van der Waals surface area contributed by atoms with Crippen LogP contribution in [0.2, 0.25) is 0 Å². The van der Waals surface area contributed by atoms with Crippen molar-refractivity contribution in [1.29, 1.82) is 0 Å². The van der Waals surface area contributed by atoms with Gasteiger partial charge in [0.15, 0.2) is 5.58 Å². The van der Waals surface area contributed by atoms with Crippen molar-refractivity contribution in [3.63, 3.8) is 0 Å². The summed E-state index contributed by atoms with van der Waals surface area (Å²) in [4.78, 5) is 2.44. The van der Waals surface area contributed by atoms with E-state index in [-0.39, 0.29) is 5.41 Å². The molecule has 45 heavy (non-hydrogen) atoms. The highest BCUT2D eigenvalue weighted by atomic mass is 16.3. The van der Waals surface area contributed by atoms with Gasteiger partial charge < -0.3 is 9.32 Å². The maximum atomic E-state index is 6.80. The predicted octanol–water partition coefficient (Wildman–Crippen LogP) is 12.6. The molecule has 6 aromatic carbocycles. The Labute approximate surface area is 264 Å². The van der Waals surface area contributed by atoms with Gasteiger partial charge in [-0.15, -0.1) is 0 Å². The molecule has 0 aliphatic heterocycles. The van der Waals surface area contributed by atoms with Crippen molar-refractivity contribution in [2.45, 2.75) is 57.3 Å². The number of rotatable bonds is 4. The quantitative estimate of drug-likeness (QED) is 0.205. The molecular weight excluding hydrogens is 546 g/mol. The first-order valence-corrected chi connectivity index (χ1v) is 16.6. The minimum absolute atomic E-state index is 0.0815. The van der Waals surface area contributed by atoms with Gasteiger partial charge in [-0.25, -0.2) is 0 Å². The third-order valence-electron chi connectivity index (χ3n) is 10.6. The zero-order valence-corrected chi connectivity index (χ0v) is 26.0. The van der Waals surface area contributed by atoms with Gasteiger partial charge in [0.2, 0.25) is 0 Å². The predicted molar refractivity (Wildman–Crippen MR) is 189 cm³/mol. The summed E-state index contributed by atoms with van der Waals surface area (Å²) in [5, 5.41) is 4.80. The minimum Gasteiger partial charge on any atom is -0.454 e. The lowest BCUT2D eigenvalue weighted by atomic mass is 9.82. The molecule has 0 radical (unpaired) electrons. The molecule has 0 unspecified atom stereocenters.